The van der Waals surface area contributed by atoms with Crippen LogP contribution in [-0.4, -0.2) is 43.1 Å². The fraction of sp³-hybridized carbons (Fsp3) is 0.917. The van der Waals surface area contributed by atoms with Crippen LogP contribution in [0.4, 0.5) is 0 Å². The van der Waals surface area contributed by atoms with Gasteiger partial charge in [0.15, 0.2) is 0 Å². The molecule has 0 radical (unpaired) electrons. The normalized spacial score (nSPS) is 23.0. The lowest BCUT2D eigenvalue weighted by Crippen LogP contribution is -2.31. The van der Waals surface area contributed by atoms with Crippen molar-refractivity contribution in [3.05, 3.63) is 0 Å². The van der Waals surface area contributed by atoms with E-state index in [1.54, 1.807) is 0 Å². The number of alkyl halides is 1. The summed E-state index contributed by atoms with van der Waals surface area (Å²) in [6.07, 6.45) is 23.8. The minimum Gasteiger partial charge on any atom is -0.465 e. The molecule has 0 unspecified atom stereocenters. The molecule has 2 aliphatic rings. The predicted molar refractivity (Wildman–Crippen MR) is 177 cm³/mol. The van der Waals surface area contributed by atoms with Crippen LogP contribution in [0.2, 0.25) is 0 Å². The van der Waals surface area contributed by atoms with E-state index >= 15 is 0 Å². The number of ether oxygens (including phenoxy) is 3. The molecule has 0 N–H and O–H groups in total. The molecule has 0 atom stereocenters. The average molecular weight is 672 g/mol. The fourth-order valence-corrected chi connectivity index (χ4v) is 7.09. The van der Waals surface area contributed by atoms with Gasteiger partial charge in [0.2, 0.25) is 0 Å². The maximum absolute atomic E-state index is 12.9. The topological polar surface area (TPSA) is 78.9 Å². The van der Waals surface area contributed by atoms with Crippen molar-refractivity contribution in [2.75, 3.05) is 25.2 Å². The smallest absolute Gasteiger partial charge is 0.308 e. The molecular weight excluding hydrogens is 608 g/mol. The number of unbranched alkanes of at least 4 members (excludes halogenated alkanes) is 8. The van der Waals surface area contributed by atoms with Crippen LogP contribution >= 0.6 is 15.9 Å². The van der Waals surface area contributed by atoms with Gasteiger partial charge in [-0.3, -0.25) is 14.4 Å². The Kier molecular flexibility index (Phi) is 21.4. The number of hydrogen-bond acceptors (Lipinski definition) is 6. The van der Waals surface area contributed by atoms with Crippen LogP contribution in [0, 0.1) is 29.6 Å². The number of carbonyl (C=O) groups excluding carboxylic acids is 3. The van der Waals surface area contributed by atoms with E-state index in [0.717, 1.165) is 94.2 Å². The molecule has 2 aliphatic carbocycles. The van der Waals surface area contributed by atoms with Crippen molar-refractivity contribution in [2.24, 2.45) is 29.6 Å². The SMILES string of the molecule is CCCCCC1CCC(C(=O)OCC(COC(=O)CCCCCCCBr)COC(=O)C2CCC(CCCCC)CC2)CC1. The van der Waals surface area contributed by atoms with Crippen LogP contribution in [-0.2, 0) is 28.6 Å². The highest BCUT2D eigenvalue weighted by atomic mass is 79.9. The maximum Gasteiger partial charge on any atom is 0.308 e. The highest BCUT2D eigenvalue weighted by molar-refractivity contribution is 9.09. The third-order valence-corrected chi connectivity index (χ3v) is 10.3. The second-order valence-corrected chi connectivity index (χ2v) is 14.2. The Bertz CT molecular complexity index is 696. The molecule has 0 aromatic heterocycles. The number of halogens is 1. The molecule has 0 spiro atoms. The Morgan fingerprint density at radius 1 is 0.581 bits per heavy atom. The summed E-state index contributed by atoms with van der Waals surface area (Å²) < 4.78 is 17.1. The van der Waals surface area contributed by atoms with E-state index in [-0.39, 0.29) is 55.5 Å². The lowest BCUT2D eigenvalue weighted by molar-refractivity contribution is -0.158. The van der Waals surface area contributed by atoms with Gasteiger partial charge in [-0.25, -0.2) is 0 Å². The number of hydrogen-bond donors (Lipinski definition) is 0. The minimum absolute atomic E-state index is 0.0507. The number of carbonyl (C=O) groups is 3. The van der Waals surface area contributed by atoms with Crippen molar-refractivity contribution in [1.29, 1.82) is 0 Å². The molecule has 2 fully saturated rings. The van der Waals surface area contributed by atoms with E-state index in [0.29, 0.717) is 6.42 Å². The van der Waals surface area contributed by atoms with Crippen LogP contribution in [0.15, 0.2) is 0 Å². The van der Waals surface area contributed by atoms with Gasteiger partial charge in [0.25, 0.3) is 0 Å². The highest BCUT2D eigenvalue weighted by Gasteiger charge is 2.30. The molecule has 43 heavy (non-hydrogen) atoms. The standard InChI is InChI=1S/C36H63BrO6/c1-3-5-10-14-29-17-21-32(22-18-29)35(39)42-27-31(26-41-34(38)16-12-8-7-9-13-25-37)28-43-36(40)33-23-19-30(20-24-33)15-11-6-4-2/h29-33H,3-28H2,1-2H3. The summed E-state index contributed by atoms with van der Waals surface area (Å²) in [6, 6.07) is 0. The zero-order valence-corrected chi connectivity index (χ0v) is 29.2. The van der Waals surface area contributed by atoms with E-state index in [4.69, 9.17) is 14.2 Å². The molecule has 6 nitrogen and oxygen atoms in total. The minimum atomic E-state index is -0.341. The summed E-state index contributed by atoms with van der Waals surface area (Å²) in [4.78, 5) is 38.3. The van der Waals surface area contributed by atoms with Crippen molar-refractivity contribution in [3.8, 4) is 0 Å². The van der Waals surface area contributed by atoms with Gasteiger partial charge >= 0.3 is 17.9 Å². The number of esters is 3. The van der Waals surface area contributed by atoms with Gasteiger partial charge in [0.05, 0.1) is 17.8 Å². The molecule has 250 valence electrons. The van der Waals surface area contributed by atoms with Crippen LogP contribution in [0.1, 0.15) is 155 Å². The van der Waals surface area contributed by atoms with Gasteiger partial charge in [0.1, 0.15) is 19.8 Å². The van der Waals surface area contributed by atoms with E-state index in [1.807, 2.05) is 0 Å². The lowest BCUT2D eigenvalue weighted by atomic mass is 9.80. The lowest BCUT2D eigenvalue weighted by Gasteiger charge is -2.28. The molecular formula is C36H63BrO6. The predicted octanol–water partition coefficient (Wildman–Crippen LogP) is 9.74. The molecule has 0 aromatic rings. The quantitative estimate of drug-likeness (QED) is 0.0466. The average Bonchev–Trinajstić information content (AvgIpc) is 3.03. The van der Waals surface area contributed by atoms with Gasteiger partial charge in [-0.05, 0) is 76.0 Å². The second-order valence-electron chi connectivity index (χ2n) is 13.4. The monoisotopic (exact) mass is 670 g/mol. The summed E-state index contributed by atoms with van der Waals surface area (Å²) in [5, 5.41) is 1.02. The zero-order valence-electron chi connectivity index (χ0n) is 27.6. The summed E-state index contributed by atoms with van der Waals surface area (Å²) >= 11 is 3.45. The van der Waals surface area contributed by atoms with Crippen LogP contribution in [0.3, 0.4) is 0 Å². The first kappa shape index (κ1) is 38.1. The van der Waals surface area contributed by atoms with E-state index in [2.05, 4.69) is 29.8 Å². The second kappa shape index (κ2) is 24.2. The maximum atomic E-state index is 12.9. The van der Waals surface area contributed by atoms with E-state index in [1.165, 1.54) is 57.8 Å². The molecule has 0 aromatic carbocycles. The molecule has 0 amide bonds. The summed E-state index contributed by atoms with van der Waals surface area (Å²) in [7, 11) is 0. The van der Waals surface area contributed by atoms with E-state index in [9.17, 15) is 14.4 Å². The number of rotatable bonds is 23. The van der Waals surface area contributed by atoms with Gasteiger partial charge in [-0.2, -0.15) is 0 Å². The highest BCUT2D eigenvalue weighted by Crippen LogP contribution is 2.34. The Labute approximate surface area is 271 Å². The van der Waals surface area contributed by atoms with Crippen LogP contribution in [0.25, 0.3) is 0 Å². The van der Waals surface area contributed by atoms with Crippen molar-refractivity contribution in [2.45, 2.75) is 155 Å². The first-order valence-electron chi connectivity index (χ1n) is 18.0. The third-order valence-electron chi connectivity index (χ3n) is 9.71. The van der Waals surface area contributed by atoms with E-state index < -0.39 is 0 Å². The molecule has 7 heteroatoms. The Morgan fingerprint density at radius 3 is 1.49 bits per heavy atom. The van der Waals surface area contributed by atoms with Gasteiger partial charge < -0.3 is 14.2 Å². The molecule has 0 heterocycles. The van der Waals surface area contributed by atoms with Crippen molar-refractivity contribution in [1.82, 2.24) is 0 Å². The Balaban J connectivity index is 1.78. The molecule has 2 saturated carbocycles. The van der Waals surface area contributed by atoms with Crippen molar-refractivity contribution in [3.63, 3.8) is 0 Å². The zero-order chi connectivity index (χ0) is 31.1. The van der Waals surface area contributed by atoms with Crippen molar-refractivity contribution >= 4 is 33.8 Å². The first-order valence-corrected chi connectivity index (χ1v) is 19.1. The van der Waals surface area contributed by atoms with Gasteiger partial charge in [-0.15, -0.1) is 0 Å². The first-order chi connectivity index (χ1) is 21.0. The largest absolute Gasteiger partial charge is 0.465 e. The summed E-state index contributed by atoms with van der Waals surface area (Å²) in [5.41, 5.74) is 0. The van der Waals surface area contributed by atoms with Crippen LogP contribution in [0.5, 0.6) is 0 Å². The Hall–Kier alpha value is -1.11. The van der Waals surface area contributed by atoms with Crippen molar-refractivity contribution < 1.29 is 28.6 Å². The van der Waals surface area contributed by atoms with Gasteiger partial charge in [0, 0.05) is 11.8 Å². The molecule has 0 saturated heterocycles. The fourth-order valence-electron chi connectivity index (χ4n) is 6.70. The van der Waals surface area contributed by atoms with Crippen LogP contribution < -0.4 is 0 Å². The molecule has 2 rings (SSSR count). The molecule has 0 aliphatic heterocycles. The summed E-state index contributed by atoms with van der Waals surface area (Å²) in [6.45, 7) is 4.81. The van der Waals surface area contributed by atoms with Gasteiger partial charge in [-0.1, -0.05) is 100 Å². The summed E-state index contributed by atoms with van der Waals surface area (Å²) in [5.74, 6) is 0.489. The third kappa shape index (κ3) is 17.2. The Morgan fingerprint density at radius 2 is 1.02 bits per heavy atom. The molecule has 0 bridgehead atoms.